The Morgan fingerprint density at radius 2 is 1.83 bits per heavy atom. The second kappa shape index (κ2) is 13.4. The van der Waals surface area contributed by atoms with Crippen LogP contribution in [0.25, 0.3) is 0 Å². The molecule has 1 unspecified atom stereocenters. The topological polar surface area (TPSA) is 245 Å². The van der Waals surface area contributed by atoms with E-state index in [1.54, 1.807) is 4.90 Å². The van der Waals surface area contributed by atoms with E-state index in [4.69, 9.17) is 22.2 Å². The lowest BCUT2D eigenvalue weighted by Gasteiger charge is -2.51. The minimum Gasteiger partial charge on any atom is -0.504 e. The summed E-state index contributed by atoms with van der Waals surface area (Å²) in [6.07, 6.45) is 0. The molecule has 278 valence electrons. The summed E-state index contributed by atoms with van der Waals surface area (Å²) in [5, 5.41) is 46.1. The highest BCUT2D eigenvalue weighted by Gasteiger charge is 2.57. The number of aromatic hydroxyl groups is 2. The van der Waals surface area contributed by atoms with Gasteiger partial charge in [-0.1, -0.05) is 16.8 Å². The number of carboxylic acid groups (broad SMARTS) is 2. The number of aliphatic carboxylic acids is 2. The third kappa shape index (κ3) is 6.61. The summed E-state index contributed by atoms with van der Waals surface area (Å²) < 4.78 is 0.491. The normalized spacial score (nSPS) is 27.2. The molecule has 6 rings (SSSR count). The second-order valence-electron chi connectivity index (χ2n) is 14.1. The fourth-order valence-electron chi connectivity index (χ4n) is 7.22. The van der Waals surface area contributed by atoms with E-state index in [0.717, 1.165) is 11.3 Å². The molecule has 2 aromatic rings. The molecule has 4 aliphatic rings. The standard InChI is InChI=1S/C32H36ClN7O10S2/c1-13-17(11-40(4)9-14-7-38(8-15(14)10-40)26(44)16-5-6-19(41)24(42)20(16)33)23(29(46)47)39-27(45)22(28(39)52-13)36-25(43)21(18-12-51-31(34)35-18)37-50-32(2,3)30(48)49/h5-6,12-15,22,28H,7-11H2,1-4H3,(H6-,34,35,36,37,41,42,43,44,46,47,48,49)/p+1/t13-,14-,15+,22+,28+,40?/m0/s1. The van der Waals surface area contributed by atoms with E-state index in [1.165, 1.54) is 48.0 Å². The van der Waals surface area contributed by atoms with Gasteiger partial charge in [-0.3, -0.25) is 19.3 Å². The highest BCUT2D eigenvalue weighted by molar-refractivity contribution is 8.00. The van der Waals surface area contributed by atoms with Crippen molar-refractivity contribution >= 4 is 75.2 Å². The highest BCUT2D eigenvalue weighted by atomic mass is 35.5. The smallest absolute Gasteiger partial charge is 0.352 e. The summed E-state index contributed by atoms with van der Waals surface area (Å²) in [5.74, 6) is -5.22. The predicted molar refractivity (Wildman–Crippen MR) is 189 cm³/mol. The van der Waals surface area contributed by atoms with Gasteiger partial charge in [0.15, 0.2) is 22.3 Å². The second-order valence-corrected chi connectivity index (χ2v) is 16.8. The van der Waals surface area contributed by atoms with Crippen molar-refractivity contribution < 1.29 is 53.7 Å². The molecular weight excluding hydrogens is 742 g/mol. The van der Waals surface area contributed by atoms with Crippen molar-refractivity contribution in [2.45, 2.75) is 43.0 Å². The van der Waals surface area contributed by atoms with Crippen LogP contribution in [0, 0.1) is 11.8 Å². The number of nitrogens with zero attached hydrogens (tertiary/aromatic N) is 5. The third-order valence-corrected chi connectivity index (χ3v) is 12.4. The maximum absolute atomic E-state index is 13.6. The number of aromatic nitrogens is 1. The number of hydrogen-bond acceptors (Lipinski definition) is 13. The minimum absolute atomic E-state index is 0.00571. The number of nitrogens with two attached hydrogens (primary N) is 1. The van der Waals surface area contributed by atoms with Crippen molar-refractivity contribution in [3.05, 3.63) is 45.1 Å². The van der Waals surface area contributed by atoms with Gasteiger partial charge in [0.2, 0.25) is 5.60 Å². The van der Waals surface area contributed by atoms with Crippen molar-refractivity contribution in [3.63, 3.8) is 0 Å². The first-order valence-electron chi connectivity index (χ1n) is 16.1. The number of thiazole rings is 1. The number of anilines is 1. The van der Waals surface area contributed by atoms with Crippen LogP contribution in [0.15, 0.2) is 33.9 Å². The van der Waals surface area contributed by atoms with Crippen LogP contribution in [-0.4, -0.2) is 137 Å². The maximum atomic E-state index is 13.6. The number of likely N-dealkylation sites (N-methyl/N-ethyl adjacent to an activating group) is 1. The van der Waals surface area contributed by atoms with E-state index in [-0.39, 0.29) is 50.1 Å². The van der Waals surface area contributed by atoms with Gasteiger partial charge in [0.1, 0.15) is 29.4 Å². The van der Waals surface area contributed by atoms with Gasteiger partial charge in [-0.15, -0.1) is 23.1 Å². The van der Waals surface area contributed by atoms with Gasteiger partial charge in [-0.25, -0.2) is 14.6 Å². The molecule has 0 saturated carbocycles. The van der Waals surface area contributed by atoms with E-state index in [9.17, 15) is 44.4 Å². The number of β-lactam (4-membered cyclic amide) rings is 1. The molecule has 0 bridgehead atoms. The summed E-state index contributed by atoms with van der Waals surface area (Å²) in [7, 11) is 2.02. The molecule has 6 atom stereocenters. The molecular formula is C32H37ClN7O10S2+. The van der Waals surface area contributed by atoms with Gasteiger partial charge in [-0.05, 0) is 32.9 Å². The number of carboxylic acids is 2. The number of nitrogen functional groups attached to an aromatic ring is 1. The van der Waals surface area contributed by atoms with Crippen LogP contribution in [0.1, 0.15) is 36.8 Å². The number of rotatable bonds is 10. The monoisotopic (exact) mass is 778 g/mol. The summed E-state index contributed by atoms with van der Waals surface area (Å²) in [4.78, 5) is 76.7. The Morgan fingerprint density at radius 3 is 2.40 bits per heavy atom. The molecule has 1 aromatic heterocycles. The molecule has 0 spiro atoms. The maximum Gasteiger partial charge on any atom is 0.352 e. The number of nitrogens with one attached hydrogen (secondary N) is 1. The number of oxime groups is 1. The Hall–Kier alpha value is -4.59. The van der Waals surface area contributed by atoms with Gasteiger partial charge in [-0.2, -0.15) is 0 Å². The largest absolute Gasteiger partial charge is 0.504 e. The number of fused-ring (bicyclic) bond motifs is 2. The molecule has 3 fully saturated rings. The number of carbonyl (C=O) groups excluding carboxylic acids is 3. The first-order valence-corrected chi connectivity index (χ1v) is 18.3. The fourth-order valence-corrected chi connectivity index (χ4v) is 9.45. The van der Waals surface area contributed by atoms with Crippen LogP contribution in [0.5, 0.6) is 11.5 Å². The van der Waals surface area contributed by atoms with E-state index in [2.05, 4.69) is 15.5 Å². The molecule has 0 radical (unpaired) electrons. The Balaban J connectivity index is 1.16. The average Bonchev–Trinajstić information content (AvgIpc) is 3.76. The lowest BCUT2D eigenvalue weighted by atomic mass is 9.99. The first kappa shape index (κ1) is 37.2. The Morgan fingerprint density at radius 1 is 1.17 bits per heavy atom. The molecule has 5 heterocycles. The highest BCUT2D eigenvalue weighted by Crippen LogP contribution is 2.46. The van der Waals surface area contributed by atoms with Crippen LogP contribution in [-0.2, 0) is 24.0 Å². The van der Waals surface area contributed by atoms with E-state index in [1.807, 2.05) is 14.0 Å². The number of phenolic OH excluding ortho intramolecular Hbond substituents is 2. The number of halogens is 1. The van der Waals surface area contributed by atoms with Crippen LogP contribution < -0.4 is 11.1 Å². The average molecular weight is 779 g/mol. The number of benzene rings is 1. The number of thioether (sulfide) groups is 1. The number of carbonyl (C=O) groups is 5. The summed E-state index contributed by atoms with van der Waals surface area (Å²) >= 11 is 8.50. The minimum atomic E-state index is -1.79. The zero-order valence-corrected chi connectivity index (χ0v) is 30.8. The van der Waals surface area contributed by atoms with Crippen molar-refractivity contribution in [1.82, 2.24) is 20.1 Å². The molecule has 1 aromatic carbocycles. The molecule has 20 heteroatoms. The van der Waals surface area contributed by atoms with Crippen molar-refractivity contribution in [2.24, 2.45) is 17.0 Å². The number of quaternary nitrogens is 1. The summed E-state index contributed by atoms with van der Waals surface area (Å²) in [5.41, 5.74) is 4.09. The lowest BCUT2D eigenvalue weighted by Crippen LogP contribution is -2.71. The molecule has 0 aliphatic carbocycles. The fraction of sp³-hybridized carbons (Fsp3) is 0.469. The number of likely N-dealkylation sites (tertiary alicyclic amines) is 2. The third-order valence-electron chi connectivity index (χ3n) is 9.86. The van der Waals surface area contributed by atoms with E-state index in [0.29, 0.717) is 42.8 Å². The van der Waals surface area contributed by atoms with E-state index >= 15 is 0 Å². The Bertz CT molecular complexity index is 1940. The first-order chi connectivity index (χ1) is 24.3. The van der Waals surface area contributed by atoms with Crippen LogP contribution in [0.3, 0.4) is 0 Å². The summed E-state index contributed by atoms with van der Waals surface area (Å²) in [6.45, 7) is 6.87. The van der Waals surface area contributed by atoms with Crippen LogP contribution >= 0.6 is 34.7 Å². The zero-order valence-electron chi connectivity index (χ0n) is 28.4. The van der Waals surface area contributed by atoms with Gasteiger partial charge in [0, 0.05) is 41.1 Å². The lowest BCUT2D eigenvalue weighted by molar-refractivity contribution is -0.896. The number of hydrogen-bond donors (Lipinski definition) is 6. The molecule has 7 N–H and O–H groups in total. The van der Waals surface area contributed by atoms with Gasteiger partial charge >= 0.3 is 11.9 Å². The molecule has 4 aliphatic heterocycles. The molecule has 3 amide bonds. The predicted octanol–water partition coefficient (Wildman–Crippen LogP) is 1.35. The van der Waals surface area contributed by atoms with E-state index < -0.39 is 58.0 Å². The zero-order chi connectivity index (χ0) is 38.0. The number of amides is 3. The molecule has 52 heavy (non-hydrogen) atoms. The van der Waals surface area contributed by atoms with Crippen molar-refractivity contribution in [2.75, 3.05) is 45.5 Å². The molecule has 3 saturated heterocycles. The van der Waals surface area contributed by atoms with Gasteiger partial charge < -0.3 is 45.7 Å². The van der Waals surface area contributed by atoms with Crippen LogP contribution in [0.4, 0.5) is 5.13 Å². The number of phenols is 2. The Kier molecular flexibility index (Phi) is 9.60. The molecule has 17 nitrogen and oxygen atoms in total. The van der Waals surface area contributed by atoms with Gasteiger partial charge in [0.25, 0.3) is 17.7 Å². The van der Waals surface area contributed by atoms with Crippen molar-refractivity contribution in [1.29, 1.82) is 0 Å². The summed E-state index contributed by atoms with van der Waals surface area (Å²) in [6, 6.07) is 1.47. The van der Waals surface area contributed by atoms with Crippen LogP contribution in [0.2, 0.25) is 5.02 Å². The SMILES string of the molecule is C[C@@H]1S[C@@H]2[C@H](NC(=O)/C(=N\OC(C)(C)C(=O)O)c3csc(N)n3)C(=O)N2C(C(=O)O)=C1C[N+]1(C)C[C@H]2CN(C(=O)c3ccc(O)c(O)c3Cl)C[C@H]2C1. The van der Waals surface area contributed by atoms with Gasteiger partial charge in [0.05, 0.1) is 30.7 Å². The Labute approximate surface area is 310 Å². The van der Waals surface area contributed by atoms with Crippen molar-refractivity contribution in [3.8, 4) is 11.5 Å². The quantitative estimate of drug-likeness (QED) is 0.0657.